The maximum Gasteiger partial charge on any atom is 0.271 e. The number of methoxy groups -OCH3 is 1. The second-order valence-electron chi connectivity index (χ2n) is 11.0. The average molecular weight is 507 g/mol. The number of likely N-dealkylation sites (tertiary alicyclic amines) is 1. The van der Waals surface area contributed by atoms with Crippen LogP contribution >= 0.6 is 0 Å². The van der Waals surface area contributed by atoms with Gasteiger partial charge in [-0.05, 0) is 82.7 Å². The van der Waals surface area contributed by atoms with E-state index in [4.69, 9.17) is 4.74 Å². The van der Waals surface area contributed by atoms with Gasteiger partial charge in [-0.2, -0.15) is 5.26 Å². The monoisotopic (exact) mass is 506 g/mol. The molecule has 0 radical (unpaired) electrons. The van der Waals surface area contributed by atoms with Crippen LogP contribution in [0.15, 0.2) is 18.2 Å². The number of carbonyl (C=O) groups excluding carboxylic acids is 2. The van der Waals surface area contributed by atoms with E-state index in [-0.39, 0.29) is 11.8 Å². The SMILES string of the molecule is CCCc1cc(C(=O)N2CCC[C@]2(C)[C@@H](C)O)n2c1-c1cc(C(=O)NC(C)(C)C#N)c(OC)cc1CC2. The Kier molecular flexibility index (Phi) is 7.13. The third-order valence-electron chi connectivity index (χ3n) is 7.98. The van der Waals surface area contributed by atoms with Crippen LogP contribution in [-0.2, 0) is 19.4 Å². The molecule has 0 spiro atoms. The van der Waals surface area contributed by atoms with Crippen LogP contribution in [-0.4, -0.2) is 57.2 Å². The molecule has 1 saturated heterocycles. The lowest BCUT2D eigenvalue weighted by Crippen LogP contribution is -2.52. The molecule has 198 valence electrons. The van der Waals surface area contributed by atoms with Crippen molar-refractivity contribution in [2.24, 2.45) is 0 Å². The number of fused-ring (bicyclic) bond motifs is 3. The molecule has 0 unspecified atom stereocenters. The number of benzene rings is 1. The van der Waals surface area contributed by atoms with E-state index < -0.39 is 17.2 Å². The van der Waals surface area contributed by atoms with Crippen LogP contribution in [0.4, 0.5) is 0 Å². The van der Waals surface area contributed by atoms with Crippen molar-refractivity contribution in [1.82, 2.24) is 14.8 Å². The van der Waals surface area contributed by atoms with Crippen LogP contribution in [0.25, 0.3) is 11.3 Å². The molecule has 2 aliphatic heterocycles. The summed E-state index contributed by atoms with van der Waals surface area (Å²) in [5, 5.41) is 22.7. The maximum absolute atomic E-state index is 13.9. The molecule has 4 rings (SSSR count). The summed E-state index contributed by atoms with van der Waals surface area (Å²) in [4.78, 5) is 28.9. The average Bonchev–Trinajstić information content (AvgIpc) is 3.44. The lowest BCUT2D eigenvalue weighted by molar-refractivity contribution is 0.0145. The van der Waals surface area contributed by atoms with Gasteiger partial charge in [0.25, 0.3) is 11.8 Å². The Morgan fingerprint density at radius 3 is 2.65 bits per heavy atom. The van der Waals surface area contributed by atoms with Gasteiger partial charge in [0, 0.05) is 18.7 Å². The molecule has 2 N–H and O–H groups in total. The number of aliphatic hydroxyl groups is 1. The minimum Gasteiger partial charge on any atom is -0.496 e. The highest BCUT2D eigenvalue weighted by molar-refractivity contribution is 6.00. The molecule has 2 aromatic rings. The van der Waals surface area contributed by atoms with Crippen LogP contribution in [0.5, 0.6) is 5.75 Å². The zero-order chi connectivity index (χ0) is 27.1. The van der Waals surface area contributed by atoms with E-state index in [0.29, 0.717) is 36.5 Å². The molecule has 1 fully saturated rings. The third-order valence-corrected chi connectivity index (χ3v) is 7.98. The summed E-state index contributed by atoms with van der Waals surface area (Å²) in [6, 6.07) is 7.85. The van der Waals surface area contributed by atoms with Gasteiger partial charge in [0.05, 0.1) is 36.1 Å². The first-order valence-electron chi connectivity index (χ1n) is 13.1. The van der Waals surface area contributed by atoms with Gasteiger partial charge in [0.15, 0.2) is 0 Å². The lowest BCUT2D eigenvalue weighted by atomic mass is 9.92. The Bertz CT molecular complexity index is 1270. The van der Waals surface area contributed by atoms with Crippen molar-refractivity contribution in [3.05, 3.63) is 40.6 Å². The molecular weight excluding hydrogens is 468 g/mol. The van der Waals surface area contributed by atoms with Crippen LogP contribution in [0.2, 0.25) is 0 Å². The number of carbonyl (C=O) groups is 2. The summed E-state index contributed by atoms with van der Waals surface area (Å²) in [5.41, 5.74) is 3.36. The fourth-order valence-corrected chi connectivity index (χ4v) is 5.69. The van der Waals surface area contributed by atoms with Crippen molar-refractivity contribution >= 4 is 11.8 Å². The Labute approximate surface area is 219 Å². The van der Waals surface area contributed by atoms with Crippen LogP contribution < -0.4 is 10.1 Å². The van der Waals surface area contributed by atoms with E-state index in [1.165, 1.54) is 7.11 Å². The van der Waals surface area contributed by atoms with Crippen molar-refractivity contribution in [2.45, 2.75) is 90.4 Å². The van der Waals surface area contributed by atoms with Gasteiger partial charge in [-0.1, -0.05) is 13.3 Å². The molecule has 8 heteroatoms. The molecule has 2 amide bonds. The van der Waals surface area contributed by atoms with Gasteiger partial charge < -0.3 is 24.6 Å². The summed E-state index contributed by atoms with van der Waals surface area (Å²) in [6.07, 6.45) is 3.41. The number of hydrogen-bond donors (Lipinski definition) is 2. The number of ether oxygens (including phenoxy) is 1. The van der Waals surface area contributed by atoms with Crippen LogP contribution in [0.1, 0.15) is 85.9 Å². The zero-order valence-corrected chi connectivity index (χ0v) is 22.8. The first-order valence-corrected chi connectivity index (χ1v) is 13.1. The van der Waals surface area contributed by atoms with Gasteiger partial charge in [0.2, 0.25) is 0 Å². The van der Waals surface area contributed by atoms with Gasteiger partial charge in [-0.3, -0.25) is 9.59 Å². The number of nitriles is 1. The van der Waals surface area contributed by atoms with E-state index in [2.05, 4.69) is 22.9 Å². The number of amides is 2. The molecule has 0 bridgehead atoms. The van der Waals surface area contributed by atoms with Crippen molar-refractivity contribution in [2.75, 3.05) is 13.7 Å². The zero-order valence-electron chi connectivity index (χ0n) is 22.8. The lowest BCUT2D eigenvalue weighted by Gasteiger charge is -2.38. The number of aromatic nitrogens is 1. The highest BCUT2D eigenvalue weighted by Crippen LogP contribution is 2.41. The molecule has 0 aliphatic carbocycles. The number of rotatable bonds is 7. The Morgan fingerprint density at radius 2 is 2.03 bits per heavy atom. The topological polar surface area (TPSA) is 108 Å². The second kappa shape index (κ2) is 9.86. The molecule has 3 heterocycles. The summed E-state index contributed by atoms with van der Waals surface area (Å²) in [5.74, 6) is 0.0197. The fourth-order valence-electron chi connectivity index (χ4n) is 5.69. The number of nitrogens with one attached hydrogen (secondary N) is 1. The highest BCUT2D eigenvalue weighted by atomic mass is 16.5. The molecule has 8 nitrogen and oxygen atoms in total. The first-order chi connectivity index (χ1) is 17.5. The Hall–Kier alpha value is -3.31. The smallest absolute Gasteiger partial charge is 0.271 e. The molecule has 2 aliphatic rings. The quantitative estimate of drug-likeness (QED) is 0.588. The number of aryl methyl sites for hydroxylation is 2. The van der Waals surface area contributed by atoms with E-state index in [0.717, 1.165) is 48.1 Å². The van der Waals surface area contributed by atoms with E-state index >= 15 is 0 Å². The van der Waals surface area contributed by atoms with E-state index in [1.807, 2.05) is 30.0 Å². The number of aliphatic hydroxyl groups excluding tert-OH is 1. The Morgan fingerprint density at radius 1 is 1.30 bits per heavy atom. The molecule has 1 aromatic heterocycles. The Balaban J connectivity index is 1.83. The van der Waals surface area contributed by atoms with Crippen molar-refractivity contribution in [3.63, 3.8) is 0 Å². The number of nitrogens with zero attached hydrogens (tertiary/aromatic N) is 3. The van der Waals surface area contributed by atoms with Crippen molar-refractivity contribution in [3.8, 4) is 23.1 Å². The largest absolute Gasteiger partial charge is 0.496 e. The standard InChI is InChI=1S/C29H38N4O4/c1-7-9-20-14-23(27(36)33-12-8-11-29(33,5)18(2)34)32-13-10-19-15-24(37-6)22(16-21(19)25(20)32)26(35)31-28(3,4)17-30/h14-16,18,34H,7-13H2,1-6H3,(H,31,35)/t18-,29-/m1/s1. The van der Waals surface area contributed by atoms with Gasteiger partial charge in [-0.25, -0.2) is 0 Å². The summed E-state index contributed by atoms with van der Waals surface area (Å²) in [7, 11) is 1.54. The molecule has 1 aromatic carbocycles. The van der Waals surface area contributed by atoms with Gasteiger partial charge in [-0.15, -0.1) is 0 Å². The molecule has 37 heavy (non-hydrogen) atoms. The van der Waals surface area contributed by atoms with Gasteiger partial charge in [0.1, 0.15) is 17.0 Å². The van der Waals surface area contributed by atoms with E-state index in [9.17, 15) is 20.0 Å². The van der Waals surface area contributed by atoms with Crippen LogP contribution in [0.3, 0.4) is 0 Å². The first kappa shape index (κ1) is 26.7. The summed E-state index contributed by atoms with van der Waals surface area (Å²) < 4.78 is 7.65. The minimum absolute atomic E-state index is 0.0600. The van der Waals surface area contributed by atoms with E-state index in [1.54, 1.807) is 20.8 Å². The summed E-state index contributed by atoms with van der Waals surface area (Å²) >= 11 is 0. The predicted octanol–water partition coefficient (Wildman–Crippen LogP) is 4.08. The second-order valence-corrected chi connectivity index (χ2v) is 11.0. The van der Waals surface area contributed by atoms with Crippen molar-refractivity contribution < 1.29 is 19.4 Å². The predicted molar refractivity (Wildman–Crippen MR) is 142 cm³/mol. The minimum atomic E-state index is -1.03. The normalized spacial score (nSPS) is 19.6. The highest BCUT2D eigenvalue weighted by Gasteiger charge is 2.44. The molecule has 0 saturated carbocycles. The maximum atomic E-state index is 13.9. The van der Waals surface area contributed by atoms with Crippen LogP contribution in [0, 0.1) is 11.3 Å². The molecule has 2 atom stereocenters. The summed E-state index contributed by atoms with van der Waals surface area (Å²) in [6.45, 7) is 10.4. The van der Waals surface area contributed by atoms with Crippen molar-refractivity contribution in [1.29, 1.82) is 5.26 Å². The molecular formula is C29H38N4O4. The fraction of sp³-hybridized carbons (Fsp3) is 0.552. The number of hydrogen-bond acceptors (Lipinski definition) is 5. The van der Waals surface area contributed by atoms with Gasteiger partial charge >= 0.3 is 0 Å². The third kappa shape index (κ3) is 4.61.